The van der Waals surface area contributed by atoms with Crippen molar-refractivity contribution in [2.24, 2.45) is 0 Å². The number of rotatable bonds is 5. The molecule has 0 saturated carbocycles. The lowest BCUT2D eigenvalue weighted by Gasteiger charge is -2.28. The molecule has 2 atom stereocenters. The summed E-state index contributed by atoms with van der Waals surface area (Å²) >= 11 is 0. The zero-order valence-electron chi connectivity index (χ0n) is 13.5. The molecule has 6 nitrogen and oxygen atoms in total. The van der Waals surface area contributed by atoms with Crippen LogP contribution in [0.3, 0.4) is 0 Å². The van der Waals surface area contributed by atoms with Gasteiger partial charge in [0, 0.05) is 12.6 Å². The Labute approximate surface area is 140 Å². The minimum absolute atomic E-state index is 0.383. The number of hydrogen-bond donors (Lipinski definition) is 3. The first-order valence-corrected chi connectivity index (χ1v) is 7.50. The highest BCUT2D eigenvalue weighted by Crippen LogP contribution is 2.20. The van der Waals surface area contributed by atoms with Crippen molar-refractivity contribution in [2.75, 3.05) is 7.05 Å². The van der Waals surface area contributed by atoms with Crippen LogP contribution in [0.15, 0.2) is 54.6 Å². The van der Waals surface area contributed by atoms with Crippen molar-refractivity contribution in [2.45, 2.75) is 19.1 Å². The zero-order chi connectivity index (χ0) is 17.7. The number of hydrogen-bond acceptors (Lipinski definition) is 4. The molecular weight excluding hydrogens is 308 g/mol. The fourth-order valence-electron chi connectivity index (χ4n) is 2.55. The summed E-state index contributed by atoms with van der Waals surface area (Å²) in [5.74, 6) is -1.27. The van der Waals surface area contributed by atoms with Crippen LogP contribution in [0.2, 0.25) is 0 Å². The lowest BCUT2D eigenvalue weighted by molar-refractivity contribution is -0.137. The molecule has 2 aromatic rings. The Morgan fingerprint density at radius 1 is 1.00 bits per heavy atom. The molecule has 0 aliphatic rings. The SMILES string of the molecule is CC(O)C(C(=O)NO)N(C)C(=O)c1ccc(-c2ccccc2)cc1. The highest BCUT2D eigenvalue weighted by atomic mass is 16.5. The molecule has 2 aromatic carbocycles. The van der Waals surface area contributed by atoms with Crippen molar-refractivity contribution in [1.82, 2.24) is 10.4 Å². The number of hydroxylamine groups is 1. The Balaban J connectivity index is 2.21. The van der Waals surface area contributed by atoms with Crippen LogP contribution in [-0.4, -0.2) is 46.2 Å². The molecule has 0 saturated heterocycles. The van der Waals surface area contributed by atoms with Gasteiger partial charge in [-0.1, -0.05) is 42.5 Å². The van der Waals surface area contributed by atoms with Crippen LogP contribution in [-0.2, 0) is 4.79 Å². The van der Waals surface area contributed by atoms with Gasteiger partial charge >= 0.3 is 0 Å². The van der Waals surface area contributed by atoms with Gasteiger partial charge in [-0.3, -0.25) is 14.8 Å². The molecule has 6 heteroatoms. The number of carbonyl (C=O) groups excluding carboxylic acids is 2. The maximum atomic E-state index is 12.5. The fourth-order valence-corrected chi connectivity index (χ4v) is 2.55. The Bertz CT molecular complexity index is 699. The number of carbonyl (C=O) groups is 2. The van der Waals surface area contributed by atoms with Gasteiger partial charge in [0.15, 0.2) is 0 Å². The van der Waals surface area contributed by atoms with Crippen molar-refractivity contribution in [3.05, 3.63) is 60.2 Å². The summed E-state index contributed by atoms with van der Waals surface area (Å²) < 4.78 is 0. The van der Waals surface area contributed by atoms with Crippen LogP contribution in [0.25, 0.3) is 11.1 Å². The van der Waals surface area contributed by atoms with E-state index < -0.39 is 24.0 Å². The fraction of sp³-hybridized carbons (Fsp3) is 0.222. The van der Waals surface area contributed by atoms with Crippen molar-refractivity contribution >= 4 is 11.8 Å². The topological polar surface area (TPSA) is 89.9 Å². The molecule has 24 heavy (non-hydrogen) atoms. The molecule has 2 rings (SSSR count). The van der Waals surface area contributed by atoms with E-state index in [-0.39, 0.29) is 0 Å². The molecule has 0 radical (unpaired) electrons. The van der Waals surface area contributed by atoms with E-state index in [0.29, 0.717) is 5.56 Å². The predicted molar refractivity (Wildman–Crippen MR) is 89.4 cm³/mol. The number of aliphatic hydroxyl groups is 1. The molecule has 2 unspecified atom stereocenters. The van der Waals surface area contributed by atoms with Crippen LogP contribution in [0, 0.1) is 0 Å². The summed E-state index contributed by atoms with van der Waals surface area (Å²) in [5, 5.41) is 18.5. The van der Waals surface area contributed by atoms with Crippen LogP contribution < -0.4 is 5.48 Å². The number of benzene rings is 2. The molecule has 0 heterocycles. The largest absolute Gasteiger partial charge is 0.391 e. The van der Waals surface area contributed by atoms with Gasteiger partial charge in [-0.2, -0.15) is 0 Å². The standard InChI is InChI=1S/C18H20N2O4/c1-12(21)16(17(22)19-24)20(2)18(23)15-10-8-14(9-11-15)13-6-4-3-5-7-13/h3-12,16,21,24H,1-2H3,(H,19,22). The van der Waals surface area contributed by atoms with Gasteiger partial charge in [0.05, 0.1) is 6.10 Å². The minimum Gasteiger partial charge on any atom is -0.391 e. The summed E-state index contributed by atoms with van der Waals surface area (Å²) in [6.45, 7) is 1.38. The lowest BCUT2D eigenvalue weighted by Crippen LogP contribution is -2.52. The number of aliphatic hydroxyl groups excluding tert-OH is 1. The predicted octanol–water partition coefficient (Wildman–Crippen LogP) is 1.68. The van der Waals surface area contributed by atoms with E-state index >= 15 is 0 Å². The maximum absolute atomic E-state index is 12.5. The van der Waals surface area contributed by atoms with E-state index in [1.54, 1.807) is 12.1 Å². The lowest BCUT2D eigenvalue weighted by atomic mass is 10.0. The molecule has 0 spiro atoms. The number of amides is 2. The van der Waals surface area contributed by atoms with Crippen LogP contribution in [0.4, 0.5) is 0 Å². The van der Waals surface area contributed by atoms with Gasteiger partial charge in [-0.05, 0) is 30.2 Å². The molecule has 0 aliphatic carbocycles. The molecule has 126 valence electrons. The second kappa shape index (κ2) is 7.72. The normalized spacial score (nSPS) is 13.0. The molecule has 0 fully saturated rings. The summed E-state index contributed by atoms with van der Waals surface area (Å²) in [7, 11) is 1.40. The third-order valence-corrected chi connectivity index (χ3v) is 3.81. The highest BCUT2D eigenvalue weighted by molar-refractivity contribution is 5.97. The van der Waals surface area contributed by atoms with Crippen LogP contribution >= 0.6 is 0 Å². The molecule has 0 aliphatic heterocycles. The molecule has 2 amide bonds. The quantitative estimate of drug-likeness (QED) is 0.575. The second-order valence-electron chi connectivity index (χ2n) is 5.52. The second-order valence-corrected chi connectivity index (χ2v) is 5.52. The van der Waals surface area contributed by atoms with E-state index in [0.717, 1.165) is 16.0 Å². The first kappa shape index (κ1) is 17.7. The van der Waals surface area contributed by atoms with Gasteiger partial charge in [0.1, 0.15) is 6.04 Å². The van der Waals surface area contributed by atoms with Crippen LogP contribution in [0.5, 0.6) is 0 Å². The third kappa shape index (κ3) is 3.79. The maximum Gasteiger partial charge on any atom is 0.268 e. The summed E-state index contributed by atoms with van der Waals surface area (Å²) in [5.41, 5.74) is 3.86. The number of nitrogens with zero attached hydrogens (tertiary/aromatic N) is 1. The van der Waals surface area contributed by atoms with E-state index in [1.807, 2.05) is 42.5 Å². The number of likely N-dealkylation sites (N-methyl/N-ethyl adjacent to an activating group) is 1. The van der Waals surface area contributed by atoms with Gasteiger partial charge in [-0.25, -0.2) is 5.48 Å². The highest BCUT2D eigenvalue weighted by Gasteiger charge is 2.31. The van der Waals surface area contributed by atoms with Crippen molar-refractivity contribution in [3.8, 4) is 11.1 Å². The number of nitrogens with one attached hydrogen (secondary N) is 1. The van der Waals surface area contributed by atoms with Gasteiger partial charge in [0.2, 0.25) is 0 Å². The first-order chi connectivity index (χ1) is 11.5. The van der Waals surface area contributed by atoms with Crippen molar-refractivity contribution < 1.29 is 19.9 Å². The van der Waals surface area contributed by atoms with E-state index in [2.05, 4.69) is 0 Å². The molecule has 0 aromatic heterocycles. The minimum atomic E-state index is -1.18. The molecular formula is C18H20N2O4. The monoisotopic (exact) mass is 328 g/mol. The van der Waals surface area contributed by atoms with Crippen molar-refractivity contribution in [3.63, 3.8) is 0 Å². The van der Waals surface area contributed by atoms with E-state index in [4.69, 9.17) is 5.21 Å². The third-order valence-electron chi connectivity index (χ3n) is 3.81. The molecule has 0 bridgehead atoms. The van der Waals surface area contributed by atoms with Crippen molar-refractivity contribution in [1.29, 1.82) is 0 Å². The average Bonchev–Trinajstić information content (AvgIpc) is 2.61. The zero-order valence-corrected chi connectivity index (χ0v) is 13.5. The molecule has 3 N–H and O–H groups in total. The Kier molecular flexibility index (Phi) is 5.68. The smallest absolute Gasteiger partial charge is 0.268 e. The Hall–Kier alpha value is -2.70. The Morgan fingerprint density at radius 3 is 2.04 bits per heavy atom. The van der Waals surface area contributed by atoms with Gasteiger partial charge < -0.3 is 10.0 Å². The average molecular weight is 328 g/mol. The van der Waals surface area contributed by atoms with Gasteiger partial charge in [0.25, 0.3) is 11.8 Å². The first-order valence-electron chi connectivity index (χ1n) is 7.50. The van der Waals surface area contributed by atoms with E-state index in [1.165, 1.54) is 19.5 Å². The summed E-state index contributed by atoms with van der Waals surface area (Å²) in [6, 6.07) is 15.5. The summed E-state index contributed by atoms with van der Waals surface area (Å²) in [6.07, 6.45) is -1.13. The van der Waals surface area contributed by atoms with E-state index in [9.17, 15) is 14.7 Å². The Morgan fingerprint density at radius 2 is 1.54 bits per heavy atom. The summed E-state index contributed by atoms with van der Waals surface area (Å²) in [4.78, 5) is 25.3. The van der Waals surface area contributed by atoms with Crippen LogP contribution in [0.1, 0.15) is 17.3 Å². The van der Waals surface area contributed by atoms with Gasteiger partial charge in [-0.15, -0.1) is 0 Å².